The van der Waals surface area contributed by atoms with Crippen LogP contribution in [0.15, 0.2) is 29.8 Å². The van der Waals surface area contributed by atoms with Gasteiger partial charge in [0.05, 0.1) is 20.5 Å². The highest BCUT2D eigenvalue weighted by atomic mass is 32.1. The molecule has 2 rings (SSSR count). The maximum Gasteiger partial charge on any atom is 0.339 e. The fourth-order valence-corrected chi connectivity index (χ4v) is 2.63. The van der Waals surface area contributed by atoms with Gasteiger partial charge in [0.15, 0.2) is 0 Å². The van der Waals surface area contributed by atoms with E-state index >= 15 is 0 Å². The Labute approximate surface area is 108 Å². The largest absolute Gasteiger partial charge is 0.503 e. The monoisotopic (exact) mass is 264 g/mol. The molecule has 0 aliphatic carbocycles. The van der Waals surface area contributed by atoms with Gasteiger partial charge in [-0.3, -0.25) is 0 Å². The number of thiophene rings is 1. The van der Waals surface area contributed by atoms with Crippen molar-refractivity contribution >= 4 is 33.0 Å². The fraction of sp³-hybridized carbons (Fsp3) is 0.154. The van der Waals surface area contributed by atoms with Gasteiger partial charge in [0, 0.05) is 21.0 Å². The van der Waals surface area contributed by atoms with E-state index in [1.807, 2.05) is 23.6 Å². The Balaban J connectivity index is 2.63. The van der Waals surface area contributed by atoms with Crippen LogP contribution in [0.3, 0.4) is 0 Å². The summed E-state index contributed by atoms with van der Waals surface area (Å²) in [7, 11) is 3.01. The SMILES string of the molecule is COC=C(C(=O)O)c1csc2ccc(OC)cc12. The summed E-state index contributed by atoms with van der Waals surface area (Å²) in [5.41, 5.74) is 0.778. The lowest BCUT2D eigenvalue weighted by Gasteiger charge is -2.03. The normalized spacial score (nSPS) is 11.6. The van der Waals surface area contributed by atoms with Crippen LogP contribution in [-0.2, 0) is 9.53 Å². The van der Waals surface area contributed by atoms with Gasteiger partial charge in [0.25, 0.3) is 0 Å². The minimum absolute atomic E-state index is 0.136. The van der Waals surface area contributed by atoms with Crippen LogP contribution < -0.4 is 4.74 Å². The number of carboxylic acid groups (broad SMARTS) is 1. The molecule has 0 aliphatic heterocycles. The second-order valence-electron chi connectivity index (χ2n) is 3.58. The zero-order valence-corrected chi connectivity index (χ0v) is 10.8. The first-order valence-electron chi connectivity index (χ1n) is 5.19. The summed E-state index contributed by atoms with van der Waals surface area (Å²) in [4.78, 5) is 11.2. The van der Waals surface area contributed by atoms with Crippen LogP contribution in [0.1, 0.15) is 5.56 Å². The van der Waals surface area contributed by atoms with Gasteiger partial charge in [-0.15, -0.1) is 11.3 Å². The Bertz CT molecular complexity index is 612. The lowest BCUT2D eigenvalue weighted by molar-refractivity contribution is -0.130. The minimum Gasteiger partial charge on any atom is -0.503 e. The molecule has 0 radical (unpaired) electrons. The molecule has 5 heteroatoms. The van der Waals surface area contributed by atoms with Crippen LogP contribution >= 0.6 is 11.3 Å². The molecule has 1 aromatic carbocycles. The van der Waals surface area contributed by atoms with E-state index in [2.05, 4.69) is 0 Å². The molecule has 18 heavy (non-hydrogen) atoms. The summed E-state index contributed by atoms with van der Waals surface area (Å²) >= 11 is 1.49. The second kappa shape index (κ2) is 5.10. The van der Waals surface area contributed by atoms with E-state index in [-0.39, 0.29) is 5.57 Å². The fourth-order valence-electron chi connectivity index (χ4n) is 1.69. The highest BCUT2D eigenvalue weighted by molar-refractivity contribution is 7.17. The van der Waals surface area contributed by atoms with Crippen molar-refractivity contribution in [3.63, 3.8) is 0 Å². The molecule has 0 saturated heterocycles. The van der Waals surface area contributed by atoms with Crippen LogP contribution in [0.5, 0.6) is 5.75 Å². The average molecular weight is 264 g/mol. The molecule has 0 unspecified atom stereocenters. The van der Waals surface area contributed by atoms with E-state index in [1.165, 1.54) is 24.7 Å². The minimum atomic E-state index is -1.01. The van der Waals surface area contributed by atoms with E-state index < -0.39 is 5.97 Å². The third-order valence-corrected chi connectivity index (χ3v) is 3.50. The standard InChI is InChI=1S/C13H12O4S/c1-16-6-10(13(14)15)11-7-18-12-4-3-8(17-2)5-9(11)12/h3-7H,1-2H3,(H,14,15). The zero-order valence-electron chi connectivity index (χ0n) is 9.97. The smallest absolute Gasteiger partial charge is 0.339 e. The van der Waals surface area contributed by atoms with E-state index in [9.17, 15) is 9.90 Å². The number of methoxy groups -OCH3 is 2. The topological polar surface area (TPSA) is 55.8 Å². The molecule has 4 nitrogen and oxygen atoms in total. The van der Waals surface area contributed by atoms with Crippen molar-refractivity contribution in [1.82, 2.24) is 0 Å². The Morgan fingerprint density at radius 2 is 2.17 bits per heavy atom. The number of carboxylic acids is 1. The Morgan fingerprint density at radius 1 is 1.39 bits per heavy atom. The lowest BCUT2D eigenvalue weighted by atomic mass is 10.1. The number of hydrogen-bond donors (Lipinski definition) is 1. The number of aliphatic carboxylic acids is 1. The average Bonchev–Trinajstić information content (AvgIpc) is 2.78. The highest BCUT2D eigenvalue weighted by Crippen LogP contribution is 2.33. The van der Waals surface area contributed by atoms with Crippen LogP contribution in [0, 0.1) is 0 Å². The molecule has 0 aliphatic rings. The number of hydrogen-bond acceptors (Lipinski definition) is 4. The first kappa shape index (κ1) is 12.4. The van der Waals surface area contributed by atoms with Gasteiger partial charge in [0.1, 0.15) is 11.3 Å². The number of carbonyl (C=O) groups is 1. The highest BCUT2D eigenvalue weighted by Gasteiger charge is 2.16. The first-order valence-corrected chi connectivity index (χ1v) is 6.07. The van der Waals surface area contributed by atoms with Crippen molar-refractivity contribution in [2.45, 2.75) is 0 Å². The van der Waals surface area contributed by atoms with Crippen LogP contribution in [0.4, 0.5) is 0 Å². The Kier molecular flexibility index (Phi) is 3.53. The third-order valence-electron chi connectivity index (χ3n) is 2.54. The third kappa shape index (κ3) is 2.17. The van der Waals surface area contributed by atoms with Gasteiger partial charge < -0.3 is 14.6 Å². The number of benzene rings is 1. The molecule has 1 aromatic heterocycles. The van der Waals surface area contributed by atoms with Crippen molar-refractivity contribution in [1.29, 1.82) is 0 Å². The van der Waals surface area contributed by atoms with E-state index in [0.29, 0.717) is 11.3 Å². The van der Waals surface area contributed by atoms with Crippen molar-refractivity contribution in [2.75, 3.05) is 14.2 Å². The Hall–Kier alpha value is -2.01. The number of rotatable bonds is 4. The number of fused-ring (bicyclic) bond motifs is 1. The summed E-state index contributed by atoms with van der Waals surface area (Å²) in [6.07, 6.45) is 1.24. The first-order chi connectivity index (χ1) is 8.67. The maximum atomic E-state index is 11.2. The lowest BCUT2D eigenvalue weighted by Crippen LogP contribution is -1.99. The van der Waals surface area contributed by atoms with E-state index in [1.54, 1.807) is 7.11 Å². The van der Waals surface area contributed by atoms with Gasteiger partial charge in [0.2, 0.25) is 0 Å². The predicted molar refractivity (Wildman–Crippen MR) is 71.0 cm³/mol. The molecule has 1 N–H and O–H groups in total. The zero-order chi connectivity index (χ0) is 13.1. The summed E-state index contributed by atoms with van der Waals surface area (Å²) < 4.78 is 11.0. The maximum absolute atomic E-state index is 11.2. The molecule has 2 aromatic rings. The van der Waals surface area contributed by atoms with Crippen LogP contribution in [0.25, 0.3) is 15.7 Å². The van der Waals surface area contributed by atoms with Crippen LogP contribution in [0.2, 0.25) is 0 Å². The molecule has 0 saturated carbocycles. The van der Waals surface area contributed by atoms with E-state index in [4.69, 9.17) is 9.47 Å². The molecular formula is C13H12O4S. The predicted octanol–water partition coefficient (Wildman–Crippen LogP) is 2.98. The summed E-state index contributed by atoms with van der Waals surface area (Å²) in [6, 6.07) is 5.59. The van der Waals surface area contributed by atoms with E-state index in [0.717, 1.165) is 10.1 Å². The molecule has 0 atom stereocenters. The Morgan fingerprint density at radius 3 is 2.78 bits per heavy atom. The molecule has 0 amide bonds. The molecule has 0 bridgehead atoms. The van der Waals surface area contributed by atoms with Gasteiger partial charge >= 0.3 is 5.97 Å². The molecule has 94 valence electrons. The number of ether oxygens (including phenoxy) is 2. The quantitative estimate of drug-likeness (QED) is 0.681. The molecule has 0 spiro atoms. The van der Waals surface area contributed by atoms with Gasteiger partial charge in [-0.25, -0.2) is 4.79 Å². The molecule has 1 heterocycles. The molecule has 0 fully saturated rings. The van der Waals surface area contributed by atoms with Crippen molar-refractivity contribution < 1.29 is 19.4 Å². The summed E-state index contributed by atoms with van der Waals surface area (Å²) in [5, 5.41) is 11.8. The summed E-state index contributed by atoms with van der Waals surface area (Å²) in [5.74, 6) is -0.316. The van der Waals surface area contributed by atoms with Crippen molar-refractivity contribution in [3.8, 4) is 5.75 Å². The van der Waals surface area contributed by atoms with Crippen molar-refractivity contribution in [2.24, 2.45) is 0 Å². The summed E-state index contributed by atoms with van der Waals surface area (Å²) in [6.45, 7) is 0. The van der Waals surface area contributed by atoms with Crippen LogP contribution in [-0.4, -0.2) is 25.3 Å². The second-order valence-corrected chi connectivity index (χ2v) is 4.50. The van der Waals surface area contributed by atoms with Gasteiger partial charge in [-0.1, -0.05) is 0 Å². The van der Waals surface area contributed by atoms with Gasteiger partial charge in [-0.2, -0.15) is 0 Å². The molecular weight excluding hydrogens is 252 g/mol. The van der Waals surface area contributed by atoms with Crippen molar-refractivity contribution in [3.05, 3.63) is 35.4 Å². The van der Waals surface area contributed by atoms with Gasteiger partial charge in [-0.05, 0) is 18.2 Å².